The number of piperidine rings is 1. The molecule has 0 spiro atoms. The first-order valence-electron chi connectivity index (χ1n) is 8.32. The van der Waals surface area contributed by atoms with E-state index < -0.39 is 0 Å². The summed E-state index contributed by atoms with van der Waals surface area (Å²) in [5, 5.41) is 7.72. The lowest BCUT2D eigenvalue weighted by atomic mass is 10.0. The summed E-state index contributed by atoms with van der Waals surface area (Å²) >= 11 is 0. The molecule has 2 heterocycles. The van der Waals surface area contributed by atoms with Crippen molar-refractivity contribution >= 4 is 0 Å². The number of aromatic nitrogens is 1. The molecule has 1 aliphatic rings. The van der Waals surface area contributed by atoms with Crippen molar-refractivity contribution in [3.63, 3.8) is 0 Å². The Morgan fingerprint density at radius 2 is 2.00 bits per heavy atom. The SMILES string of the molecule is CCCN(Cc1cc(-c2ccccc2)on1)C1CCNCC1. The van der Waals surface area contributed by atoms with Crippen molar-refractivity contribution in [3.05, 3.63) is 42.1 Å². The van der Waals surface area contributed by atoms with Crippen LogP contribution in [0.25, 0.3) is 11.3 Å². The Morgan fingerprint density at radius 3 is 2.73 bits per heavy atom. The van der Waals surface area contributed by atoms with Crippen LogP contribution in [0.5, 0.6) is 0 Å². The molecule has 4 heteroatoms. The zero-order valence-electron chi connectivity index (χ0n) is 13.3. The summed E-state index contributed by atoms with van der Waals surface area (Å²) in [5.74, 6) is 0.859. The quantitative estimate of drug-likeness (QED) is 0.888. The lowest BCUT2D eigenvalue weighted by molar-refractivity contribution is 0.150. The van der Waals surface area contributed by atoms with E-state index in [2.05, 4.69) is 40.5 Å². The number of nitrogens with zero attached hydrogens (tertiary/aromatic N) is 2. The van der Waals surface area contributed by atoms with E-state index in [4.69, 9.17) is 4.52 Å². The standard InChI is InChI=1S/C18H25N3O/c1-2-12-21(17-8-10-19-11-9-17)14-16-13-18(22-20-16)15-6-4-3-5-7-15/h3-7,13,17,19H,2,8-12,14H2,1H3. The number of hydrogen-bond donors (Lipinski definition) is 1. The van der Waals surface area contributed by atoms with Crippen molar-refractivity contribution < 1.29 is 4.52 Å². The monoisotopic (exact) mass is 299 g/mol. The van der Waals surface area contributed by atoms with Crippen molar-refractivity contribution in [2.24, 2.45) is 0 Å². The Labute approximate surface area is 132 Å². The Hall–Kier alpha value is -1.65. The van der Waals surface area contributed by atoms with Gasteiger partial charge in [-0.15, -0.1) is 0 Å². The van der Waals surface area contributed by atoms with Crippen LogP contribution < -0.4 is 5.32 Å². The first-order valence-corrected chi connectivity index (χ1v) is 8.32. The van der Waals surface area contributed by atoms with E-state index in [-0.39, 0.29) is 0 Å². The molecule has 1 saturated heterocycles. The summed E-state index contributed by atoms with van der Waals surface area (Å²) in [5.41, 5.74) is 2.12. The Balaban J connectivity index is 1.69. The fourth-order valence-electron chi connectivity index (χ4n) is 3.18. The Bertz CT molecular complexity index is 561. The van der Waals surface area contributed by atoms with Gasteiger partial charge in [0.05, 0.1) is 5.69 Å². The summed E-state index contributed by atoms with van der Waals surface area (Å²) in [7, 11) is 0. The summed E-state index contributed by atoms with van der Waals surface area (Å²) in [6.45, 7) is 6.50. The van der Waals surface area contributed by atoms with Crippen molar-refractivity contribution in [2.45, 2.75) is 38.8 Å². The maximum atomic E-state index is 5.53. The van der Waals surface area contributed by atoms with Crippen molar-refractivity contribution in [1.29, 1.82) is 0 Å². The smallest absolute Gasteiger partial charge is 0.167 e. The summed E-state index contributed by atoms with van der Waals surface area (Å²) < 4.78 is 5.53. The molecule has 3 rings (SSSR count). The molecule has 22 heavy (non-hydrogen) atoms. The van der Waals surface area contributed by atoms with Crippen LogP contribution in [0.4, 0.5) is 0 Å². The van der Waals surface area contributed by atoms with E-state index in [1.807, 2.05) is 18.2 Å². The van der Waals surface area contributed by atoms with Crippen molar-refractivity contribution in [3.8, 4) is 11.3 Å². The van der Waals surface area contributed by atoms with Crippen LogP contribution in [-0.4, -0.2) is 35.7 Å². The van der Waals surface area contributed by atoms with Crippen LogP contribution in [-0.2, 0) is 6.54 Å². The lowest BCUT2D eigenvalue weighted by Gasteiger charge is -2.33. The summed E-state index contributed by atoms with van der Waals surface area (Å²) in [4.78, 5) is 2.56. The van der Waals surface area contributed by atoms with Gasteiger partial charge in [0.25, 0.3) is 0 Å². The fraction of sp³-hybridized carbons (Fsp3) is 0.500. The molecule has 0 amide bonds. The second-order valence-corrected chi connectivity index (χ2v) is 6.00. The molecule has 1 aromatic heterocycles. The molecule has 1 aromatic carbocycles. The normalized spacial score (nSPS) is 16.3. The topological polar surface area (TPSA) is 41.3 Å². The van der Waals surface area contributed by atoms with E-state index in [1.54, 1.807) is 0 Å². The predicted molar refractivity (Wildman–Crippen MR) is 88.5 cm³/mol. The molecule has 0 atom stereocenters. The zero-order valence-corrected chi connectivity index (χ0v) is 13.3. The maximum Gasteiger partial charge on any atom is 0.167 e. The van der Waals surface area contributed by atoms with Gasteiger partial charge in [0, 0.05) is 24.2 Å². The molecule has 0 radical (unpaired) electrons. The van der Waals surface area contributed by atoms with Gasteiger partial charge < -0.3 is 9.84 Å². The van der Waals surface area contributed by atoms with E-state index in [0.29, 0.717) is 6.04 Å². The fourth-order valence-corrected chi connectivity index (χ4v) is 3.18. The van der Waals surface area contributed by atoms with Gasteiger partial charge in [-0.05, 0) is 38.9 Å². The van der Waals surface area contributed by atoms with Crippen molar-refractivity contribution in [2.75, 3.05) is 19.6 Å². The van der Waals surface area contributed by atoms with Gasteiger partial charge in [0.15, 0.2) is 5.76 Å². The van der Waals surface area contributed by atoms with E-state index in [9.17, 15) is 0 Å². The predicted octanol–water partition coefficient (Wildman–Crippen LogP) is 3.31. The third kappa shape index (κ3) is 3.76. The van der Waals surface area contributed by atoms with Gasteiger partial charge in [0.1, 0.15) is 0 Å². The third-order valence-electron chi connectivity index (χ3n) is 4.32. The Kier molecular flexibility index (Phi) is 5.24. The van der Waals surface area contributed by atoms with E-state index in [1.165, 1.54) is 19.3 Å². The molecule has 4 nitrogen and oxygen atoms in total. The van der Waals surface area contributed by atoms with Crippen LogP contribution >= 0.6 is 0 Å². The van der Waals surface area contributed by atoms with Crippen LogP contribution in [0.2, 0.25) is 0 Å². The number of hydrogen-bond acceptors (Lipinski definition) is 4. The maximum absolute atomic E-state index is 5.53. The zero-order chi connectivity index (χ0) is 15.2. The molecule has 0 saturated carbocycles. The highest BCUT2D eigenvalue weighted by molar-refractivity contribution is 5.56. The van der Waals surface area contributed by atoms with Gasteiger partial charge in [-0.1, -0.05) is 42.4 Å². The van der Waals surface area contributed by atoms with Gasteiger partial charge in [-0.25, -0.2) is 0 Å². The van der Waals surface area contributed by atoms with Crippen LogP contribution in [0.15, 0.2) is 40.9 Å². The molecule has 1 aliphatic heterocycles. The highest BCUT2D eigenvalue weighted by Crippen LogP contribution is 2.22. The highest BCUT2D eigenvalue weighted by Gasteiger charge is 2.21. The van der Waals surface area contributed by atoms with Gasteiger partial charge in [-0.2, -0.15) is 0 Å². The first-order chi connectivity index (χ1) is 10.9. The van der Waals surface area contributed by atoms with Gasteiger partial charge in [0.2, 0.25) is 0 Å². The molecule has 0 bridgehead atoms. The lowest BCUT2D eigenvalue weighted by Crippen LogP contribution is -2.43. The van der Waals surface area contributed by atoms with Crippen LogP contribution in [0.3, 0.4) is 0 Å². The molecule has 2 aromatic rings. The number of nitrogens with one attached hydrogen (secondary N) is 1. The van der Waals surface area contributed by atoms with E-state index >= 15 is 0 Å². The highest BCUT2D eigenvalue weighted by atomic mass is 16.5. The minimum atomic E-state index is 0.665. The average molecular weight is 299 g/mol. The summed E-state index contributed by atoms with van der Waals surface area (Å²) in [6, 6.07) is 12.9. The minimum Gasteiger partial charge on any atom is -0.356 e. The third-order valence-corrected chi connectivity index (χ3v) is 4.32. The van der Waals surface area contributed by atoms with Gasteiger partial charge in [-0.3, -0.25) is 4.90 Å². The molecule has 1 fully saturated rings. The molecular formula is C18H25N3O. The van der Waals surface area contributed by atoms with Crippen LogP contribution in [0.1, 0.15) is 31.9 Å². The van der Waals surface area contributed by atoms with Crippen molar-refractivity contribution in [1.82, 2.24) is 15.4 Å². The van der Waals surface area contributed by atoms with E-state index in [0.717, 1.165) is 43.2 Å². The Morgan fingerprint density at radius 1 is 1.23 bits per heavy atom. The molecule has 1 N–H and O–H groups in total. The summed E-state index contributed by atoms with van der Waals surface area (Å²) in [6.07, 6.45) is 3.63. The molecule has 118 valence electrons. The second-order valence-electron chi connectivity index (χ2n) is 6.00. The van der Waals surface area contributed by atoms with Gasteiger partial charge >= 0.3 is 0 Å². The molecular weight excluding hydrogens is 274 g/mol. The molecule has 0 aliphatic carbocycles. The molecule has 0 unspecified atom stereocenters. The first kappa shape index (κ1) is 15.3. The second kappa shape index (κ2) is 7.56. The van der Waals surface area contributed by atoms with Crippen LogP contribution in [0, 0.1) is 0 Å². The minimum absolute atomic E-state index is 0.665. The largest absolute Gasteiger partial charge is 0.356 e. The number of rotatable bonds is 6. The average Bonchev–Trinajstić information content (AvgIpc) is 3.05. The number of benzene rings is 1.